The molecule has 0 aliphatic rings. The summed E-state index contributed by atoms with van der Waals surface area (Å²) in [4.78, 5) is 26.0. The summed E-state index contributed by atoms with van der Waals surface area (Å²) in [6.45, 7) is 1.35. The highest BCUT2D eigenvalue weighted by Crippen LogP contribution is 2.10. The van der Waals surface area contributed by atoms with Gasteiger partial charge in [-0.25, -0.2) is 0 Å². The molecule has 1 heterocycles. The van der Waals surface area contributed by atoms with E-state index in [0.717, 1.165) is 29.0 Å². The Morgan fingerprint density at radius 3 is 2.58 bits per heavy atom. The molecule has 0 atom stereocenters. The second-order valence-corrected chi connectivity index (χ2v) is 5.47. The van der Waals surface area contributed by atoms with Crippen molar-refractivity contribution >= 4 is 33.8 Å². The number of hydrogen-bond acceptors (Lipinski definition) is 4. The van der Waals surface area contributed by atoms with Gasteiger partial charge in [0.2, 0.25) is 0 Å². The summed E-state index contributed by atoms with van der Waals surface area (Å²) in [6.07, 6.45) is 0.799. The smallest absolute Gasteiger partial charge is 0.309 e. The summed E-state index contributed by atoms with van der Waals surface area (Å²) in [6, 6.07) is 7.25. The van der Waals surface area contributed by atoms with E-state index in [9.17, 15) is 9.59 Å². The summed E-state index contributed by atoms with van der Waals surface area (Å²) >= 11 is 1.14. The van der Waals surface area contributed by atoms with E-state index in [1.165, 1.54) is 4.57 Å². The summed E-state index contributed by atoms with van der Waals surface area (Å²) in [5.41, 5.74) is -0.173. The summed E-state index contributed by atoms with van der Waals surface area (Å²) < 4.78 is 2.10. The molecule has 19 heavy (non-hydrogen) atoms. The van der Waals surface area contributed by atoms with E-state index in [1.54, 1.807) is 6.07 Å². The van der Waals surface area contributed by atoms with E-state index >= 15 is 0 Å². The largest absolute Gasteiger partial charge is 0.310 e. The Hall–Kier alpha value is -1.17. The topological polar surface area (TPSA) is 42.3 Å². The fourth-order valence-electron chi connectivity index (χ4n) is 1.85. The van der Waals surface area contributed by atoms with Crippen LogP contribution in [0.3, 0.4) is 0 Å². The SMILES string of the molecule is CN(C)CCCn1c(=O)sc2ccccc2c1=O.Cl. The monoisotopic (exact) mass is 300 g/mol. The van der Waals surface area contributed by atoms with Gasteiger partial charge in [-0.1, -0.05) is 23.5 Å². The maximum atomic E-state index is 12.2. The van der Waals surface area contributed by atoms with E-state index in [1.807, 2.05) is 37.2 Å². The molecule has 6 heteroatoms. The van der Waals surface area contributed by atoms with Crippen LogP contribution in [0.4, 0.5) is 0 Å². The van der Waals surface area contributed by atoms with Crippen LogP contribution in [0.5, 0.6) is 0 Å². The minimum Gasteiger partial charge on any atom is -0.309 e. The first-order valence-corrected chi connectivity index (χ1v) is 6.68. The van der Waals surface area contributed by atoms with Crippen LogP contribution in [0.2, 0.25) is 0 Å². The quantitative estimate of drug-likeness (QED) is 0.864. The Labute approximate surface area is 121 Å². The molecule has 2 aromatic rings. The van der Waals surface area contributed by atoms with Crippen LogP contribution in [-0.2, 0) is 6.54 Å². The zero-order chi connectivity index (χ0) is 13.1. The van der Waals surface area contributed by atoms with Gasteiger partial charge in [-0.2, -0.15) is 0 Å². The first-order valence-electron chi connectivity index (χ1n) is 5.87. The lowest BCUT2D eigenvalue weighted by atomic mass is 10.3. The van der Waals surface area contributed by atoms with Gasteiger partial charge in [-0.15, -0.1) is 12.4 Å². The van der Waals surface area contributed by atoms with Gasteiger partial charge >= 0.3 is 4.87 Å². The maximum Gasteiger partial charge on any atom is 0.310 e. The average Bonchev–Trinajstić information content (AvgIpc) is 2.33. The van der Waals surface area contributed by atoms with Crippen molar-refractivity contribution in [2.24, 2.45) is 0 Å². The van der Waals surface area contributed by atoms with Crippen molar-refractivity contribution in [1.82, 2.24) is 9.47 Å². The van der Waals surface area contributed by atoms with E-state index in [4.69, 9.17) is 0 Å². The highest BCUT2D eigenvalue weighted by Gasteiger charge is 2.07. The lowest BCUT2D eigenvalue weighted by molar-refractivity contribution is 0.384. The fourth-order valence-corrected chi connectivity index (χ4v) is 2.73. The highest BCUT2D eigenvalue weighted by molar-refractivity contribution is 7.16. The molecule has 2 rings (SSSR count). The zero-order valence-electron chi connectivity index (χ0n) is 11.0. The molecule has 0 saturated carbocycles. The van der Waals surface area contributed by atoms with E-state index in [2.05, 4.69) is 0 Å². The molecule has 0 unspecified atom stereocenters. The van der Waals surface area contributed by atoms with Crippen molar-refractivity contribution in [2.75, 3.05) is 20.6 Å². The molecule has 104 valence electrons. The van der Waals surface area contributed by atoms with E-state index in [0.29, 0.717) is 11.9 Å². The van der Waals surface area contributed by atoms with Gasteiger partial charge in [-0.3, -0.25) is 14.2 Å². The molecule has 0 amide bonds. The lowest BCUT2D eigenvalue weighted by Crippen LogP contribution is -2.32. The lowest BCUT2D eigenvalue weighted by Gasteiger charge is -2.10. The van der Waals surface area contributed by atoms with Gasteiger partial charge < -0.3 is 4.90 Å². The van der Waals surface area contributed by atoms with Gasteiger partial charge in [0.25, 0.3) is 5.56 Å². The summed E-state index contributed by atoms with van der Waals surface area (Å²) in [7, 11) is 3.95. The van der Waals surface area contributed by atoms with Crippen LogP contribution in [0.25, 0.3) is 10.1 Å². The standard InChI is InChI=1S/C13H16N2O2S.ClH/c1-14(2)8-5-9-15-12(16)10-6-3-4-7-11(10)18-13(15)17;/h3-4,6-7H,5,8-9H2,1-2H3;1H. The second kappa shape index (κ2) is 6.84. The molecule has 0 fully saturated rings. The van der Waals surface area contributed by atoms with Crippen molar-refractivity contribution in [3.05, 3.63) is 44.3 Å². The normalized spacial score (nSPS) is 10.7. The third-order valence-electron chi connectivity index (χ3n) is 2.77. The van der Waals surface area contributed by atoms with E-state index in [-0.39, 0.29) is 22.8 Å². The molecule has 1 aromatic heterocycles. The van der Waals surface area contributed by atoms with Crippen molar-refractivity contribution in [2.45, 2.75) is 13.0 Å². The van der Waals surface area contributed by atoms with Gasteiger partial charge in [0.15, 0.2) is 0 Å². The molecule has 0 saturated heterocycles. The van der Waals surface area contributed by atoms with Crippen molar-refractivity contribution in [3.63, 3.8) is 0 Å². The van der Waals surface area contributed by atoms with Crippen LogP contribution >= 0.6 is 23.7 Å². The predicted octanol–water partition coefficient (Wildman–Crippen LogP) is 1.80. The van der Waals surface area contributed by atoms with Crippen LogP contribution in [0, 0.1) is 0 Å². The third-order valence-corrected chi connectivity index (χ3v) is 3.74. The predicted molar refractivity (Wildman–Crippen MR) is 82.8 cm³/mol. The maximum absolute atomic E-state index is 12.2. The van der Waals surface area contributed by atoms with Crippen LogP contribution < -0.4 is 10.4 Å². The van der Waals surface area contributed by atoms with Crippen LogP contribution in [0.15, 0.2) is 33.9 Å². The highest BCUT2D eigenvalue weighted by atomic mass is 35.5. The summed E-state index contributed by atoms with van der Waals surface area (Å²) in [5, 5.41) is 0.631. The number of benzene rings is 1. The third kappa shape index (κ3) is 3.65. The summed E-state index contributed by atoms with van der Waals surface area (Å²) in [5.74, 6) is 0. The van der Waals surface area contributed by atoms with Crippen molar-refractivity contribution < 1.29 is 0 Å². The number of rotatable bonds is 4. The molecule has 0 bridgehead atoms. The van der Waals surface area contributed by atoms with Crippen molar-refractivity contribution in [3.8, 4) is 0 Å². The molecule has 0 aliphatic carbocycles. The minimum absolute atomic E-state index is 0. The molecule has 0 radical (unpaired) electrons. The first-order chi connectivity index (χ1) is 8.59. The van der Waals surface area contributed by atoms with Crippen LogP contribution in [-0.4, -0.2) is 30.1 Å². The molecule has 0 spiro atoms. The first kappa shape index (κ1) is 15.9. The van der Waals surface area contributed by atoms with Gasteiger partial charge in [0.1, 0.15) is 0 Å². The Bertz CT molecular complexity index is 663. The number of nitrogens with zero attached hydrogens (tertiary/aromatic N) is 2. The molecular weight excluding hydrogens is 284 g/mol. The number of hydrogen-bond donors (Lipinski definition) is 0. The van der Waals surface area contributed by atoms with Gasteiger partial charge in [-0.05, 0) is 39.2 Å². The molecular formula is C13H17ClN2O2S. The molecule has 4 nitrogen and oxygen atoms in total. The minimum atomic E-state index is -0.173. The Kier molecular flexibility index (Phi) is 5.72. The number of aromatic nitrogens is 1. The Morgan fingerprint density at radius 2 is 1.89 bits per heavy atom. The Morgan fingerprint density at radius 1 is 1.21 bits per heavy atom. The Balaban J connectivity index is 0.00000180. The van der Waals surface area contributed by atoms with Gasteiger partial charge in [0.05, 0.1) is 5.39 Å². The van der Waals surface area contributed by atoms with Crippen LogP contribution in [0.1, 0.15) is 6.42 Å². The second-order valence-electron chi connectivity index (χ2n) is 4.48. The fraction of sp³-hybridized carbons (Fsp3) is 0.385. The number of fused-ring (bicyclic) bond motifs is 1. The molecule has 0 N–H and O–H groups in total. The number of halogens is 1. The van der Waals surface area contributed by atoms with E-state index < -0.39 is 0 Å². The molecule has 1 aromatic carbocycles. The average molecular weight is 301 g/mol. The zero-order valence-corrected chi connectivity index (χ0v) is 12.6. The van der Waals surface area contributed by atoms with Crippen molar-refractivity contribution in [1.29, 1.82) is 0 Å². The molecule has 0 aliphatic heterocycles. The van der Waals surface area contributed by atoms with Gasteiger partial charge in [0, 0.05) is 11.2 Å².